The highest BCUT2D eigenvalue weighted by molar-refractivity contribution is 9.10. The minimum absolute atomic E-state index is 0.122. The summed E-state index contributed by atoms with van der Waals surface area (Å²) in [6, 6.07) is 10.3. The number of rotatable bonds is 5. The maximum atomic E-state index is 6.01. The van der Waals surface area contributed by atoms with E-state index in [0.29, 0.717) is 5.92 Å². The fourth-order valence-electron chi connectivity index (χ4n) is 2.17. The molecule has 0 saturated carbocycles. The van der Waals surface area contributed by atoms with E-state index in [1.807, 2.05) is 23.5 Å². The smallest absolute Gasteiger partial charge is 0.0406 e. The first-order valence-electron chi connectivity index (χ1n) is 7.07. The number of benzene rings is 1. The van der Waals surface area contributed by atoms with E-state index >= 15 is 0 Å². The molecule has 0 aliphatic heterocycles. The van der Waals surface area contributed by atoms with E-state index in [0.717, 1.165) is 18.0 Å². The van der Waals surface area contributed by atoms with Crippen molar-refractivity contribution in [3.05, 3.63) is 55.6 Å². The first-order chi connectivity index (χ1) is 9.85. The molecule has 2 rings (SSSR count). The lowest BCUT2D eigenvalue weighted by molar-refractivity contribution is 0.405. The fraction of sp³-hybridized carbons (Fsp3) is 0.412. The van der Waals surface area contributed by atoms with Crippen molar-refractivity contribution in [2.24, 2.45) is 0 Å². The fourth-order valence-corrected chi connectivity index (χ4v) is 3.89. The van der Waals surface area contributed by atoms with Crippen LogP contribution in [-0.4, -0.2) is 12.1 Å². The molecular formula is C17H21BrClNS. The SMILES string of the molecule is CC(C)(C)NCC(Cc1sccc1Br)c1ccc(Cl)cc1. The summed E-state index contributed by atoms with van der Waals surface area (Å²) in [6.07, 6.45) is 1.03. The third kappa shape index (κ3) is 5.41. The first-order valence-corrected chi connectivity index (χ1v) is 9.12. The molecule has 0 fully saturated rings. The van der Waals surface area contributed by atoms with Crippen LogP contribution in [0.1, 0.15) is 37.1 Å². The average Bonchev–Trinajstić information content (AvgIpc) is 2.80. The van der Waals surface area contributed by atoms with Crippen molar-refractivity contribution >= 4 is 38.9 Å². The van der Waals surface area contributed by atoms with Crippen molar-refractivity contribution in [2.75, 3.05) is 6.54 Å². The zero-order valence-electron chi connectivity index (χ0n) is 12.6. The molecule has 1 aromatic heterocycles. The van der Waals surface area contributed by atoms with Crippen molar-refractivity contribution < 1.29 is 0 Å². The van der Waals surface area contributed by atoms with Crippen LogP contribution in [0.25, 0.3) is 0 Å². The Labute approximate surface area is 144 Å². The molecule has 1 nitrogen and oxygen atoms in total. The van der Waals surface area contributed by atoms with Crippen LogP contribution in [0.2, 0.25) is 5.02 Å². The first kappa shape index (κ1) is 17.0. The Morgan fingerprint density at radius 2 is 1.86 bits per heavy atom. The van der Waals surface area contributed by atoms with Gasteiger partial charge in [-0.25, -0.2) is 0 Å². The van der Waals surface area contributed by atoms with E-state index in [-0.39, 0.29) is 5.54 Å². The number of hydrogen-bond donors (Lipinski definition) is 1. The summed E-state index contributed by atoms with van der Waals surface area (Å²) in [5.74, 6) is 0.441. The summed E-state index contributed by atoms with van der Waals surface area (Å²) < 4.78 is 1.21. The van der Waals surface area contributed by atoms with Gasteiger partial charge in [-0.3, -0.25) is 0 Å². The molecular weight excluding hydrogens is 366 g/mol. The maximum Gasteiger partial charge on any atom is 0.0406 e. The standard InChI is InChI=1S/C17H21BrClNS/c1-17(2,3)20-11-13(10-16-15(18)8-9-21-16)12-4-6-14(19)7-5-12/h4-9,13,20H,10-11H2,1-3H3. The van der Waals surface area contributed by atoms with Crippen molar-refractivity contribution in [1.29, 1.82) is 0 Å². The number of hydrogen-bond acceptors (Lipinski definition) is 2. The highest BCUT2D eigenvalue weighted by Crippen LogP contribution is 2.30. The van der Waals surface area contributed by atoms with Crippen LogP contribution in [0.15, 0.2) is 40.2 Å². The monoisotopic (exact) mass is 385 g/mol. The molecule has 0 aliphatic carbocycles. The van der Waals surface area contributed by atoms with E-state index < -0.39 is 0 Å². The lowest BCUT2D eigenvalue weighted by atomic mass is 9.94. The Kier molecular flexibility index (Phi) is 5.89. The molecule has 1 atom stereocenters. The second kappa shape index (κ2) is 7.28. The summed E-state index contributed by atoms with van der Waals surface area (Å²) in [5, 5.41) is 6.55. The Morgan fingerprint density at radius 3 is 2.38 bits per heavy atom. The van der Waals surface area contributed by atoms with Gasteiger partial charge in [0.25, 0.3) is 0 Å². The third-order valence-corrected chi connectivity index (χ3v) is 5.54. The van der Waals surface area contributed by atoms with Crippen LogP contribution in [0.5, 0.6) is 0 Å². The third-order valence-electron chi connectivity index (χ3n) is 3.34. The molecule has 114 valence electrons. The van der Waals surface area contributed by atoms with Crippen LogP contribution in [-0.2, 0) is 6.42 Å². The van der Waals surface area contributed by atoms with Gasteiger partial charge in [-0.1, -0.05) is 23.7 Å². The van der Waals surface area contributed by atoms with Crippen molar-refractivity contribution in [3.8, 4) is 0 Å². The Bertz CT molecular complexity index is 571. The summed E-state index contributed by atoms with van der Waals surface area (Å²) in [6.45, 7) is 7.56. The second-order valence-electron chi connectivity index (χ2n) is 6.28. The average molecular weight is 387 g/mol. The molecule has 1 N–H and O–H groups in total. The van der Waals surface area contributed by atoms with Gasteiger partial charge in [-0.15, -0.1) is 11.3 Å². The van der Waals surface area contributed by atoms with Crippen LogP contribution in [0, 0.1) is 0 Å². The highest BCUT2D eigenvalue weighted by atomic mass is 79.9. The maximum absolute atomic E-state index is 6.01. The Hall–Kier alpha value is -0.350. The molecule has 0 amide bonds. The molecule has 4 heteroatoms. The zero-order valence-corrected chi connectivity index (χ0v) is 15.8. The summed E-state index contributed by atoms with van der Waals surface area (Å²) in [4.78, 5) is 1.39. The lowest BCUT2D eigenvalue weighted by Gasteiger charge is -2.25. The van der Waals surface area contributed by atoms with Crippen LogP contribution < -0.4 is 5.32 Å². The summed E-state index contributed by atoms with van der Waals surface area (Å²) in [5.41, 5.74) is 1.45. The topological polar surface area (TPSA) is 12.0 Å². The number of nitrogens with one attached hydrogen (secondary N) is 1. The molecule has 0 bridgehead atoms. The van der Waals surface area contributed by atoms with E-state index in [1.54, 1.807) is 0 Å². The quantitative estimate of drug-likeness (QED) is 0.676. The molecule has 0 saturated heterocycles. The minimum atomic E-state index is 0.122. The van der Waals surface area contributed by atoms with Gasteiger partial charge in [0.1, 0.15) is 0 Å². The summed E-state index contributed by atoms with van der Waals surface area (Å²) in [7, 11) is 0. The van der Waals surface area contributed by atoms with Crippen LogP contribution >= 0.6 is 38.9 Å². The minimum Gasteiger partial charge on any atom is -0.311 e. The van der Waals surface area contributed by atoms with Gasteiger partial charge in [-0.05, 0) is 72.3 Å². The van der Waals surface area contributed by atoms with Gasteiger partial charge in [0, 0.05) is 32.4 Å². The highest BCUT2D eigenvalue weighted by Gasteiger charge is 2.18. The van der Waals surface area contributed by atoms with Gasteiger partial charge in [-0.2, -0.15) is 0 Å². The predicted octanol–water partition coefficient (Wildman–Crippen LogP) is 5.88. The Balaban J connectivity index is 2.17. The normalized spacial score (nSPS) is 13.4. The van der Waals surface area contributed by atoms with Crippen molar-refractivity contribution in [1.82, 2.24) is 5.32 Å². The summed E-state index contributed by atoms with van der Waals surface area (Å²) >= 11 is 11.5. The lowest BCUT2D eigenvalue weighted by Crippen LogP contribution is -2.39. The van der Waals surface area contributed by atoms with E-state index in [2.05, 4.69) is 65.6 Å². The molecule has 1 unspecified atom stereocenters. The van der Waals surface area contributed by atoms with Crippen molar-refractivity contribution in [3.63, 3.8) is 0 Å². The number of halogens is 2. The van der Waals surface area contributed by atoms with Gasteiger partial charge in [0.15, 0.2) is 0 Å². The second-order valence-corrected chi connectivity index (χ2v) is 8.57. The van der Waals surface area contributed by atoms with Crippen molar-refractivity contribution in [2.45, 2.75) is 38.6 Å². The Morgan fingerprint density at radius 1 is 1.19 bits per heavy atom. The van der Waals surface area contributed by atoms with E-state index in [9.17, 15) is 0 Å². The molecule has 1 heterocycles. The predicted molar refractivity (Wildman–Crippen MR) is 97.7 cm³/mol. The van der Waals surface area contributed by atoms with Crippen LogP contribution in [0.4, 0.5) is 0 Å². The molecule has 0 aliphatic rings. The largest absolute Gasteiger partial charge is 0.311 e. The number of thiophene rings is 1. The molecule has 1 aromatic carbocycles. The van der Waals surface area contributed by atoms with E-state index in [1.165, 1.54) is 14.9 Å². The van der Waals surface area contributed by atoms with Gasteiger partial charge < -0.3 is 5.32 Å². The van der Waals surface area contributed by atoms with Gasteiger partial charge >= 0.3 is 0 Å². The molecule has 0 spiro atoms. The van der Waals surface area contributed by atoms with E-state index in [4.69, 9.17) is 11.6 Å². The van der Waals surface area contributed by atoms with Gasteiger partial charge in [0.05, 0.1) is 0 Å². The van der Waals surface area contributed by atoms with Crippen LogP contribution in [0.3, 0.4) is 0 Å². The molecule has 21 heavy (non-hydrogen) atoms. The molecule has 0 radical (unpaired) electrons. The molecule has 2 aromatic rings. The zero-order chi connectivity index (χ0) is 15.5. The van der Waals surface area contributed by atoms with Gasteiger partial charge in [0.2, 0.25) is 0 Å².